The molecule has 0 saturated carbocycles. The van der Waals surface area contributed by atoms with Crippen LogP contribution in [0.1, 0.15) is 19.4 Å². The third-order valence-electron chi connectivity index (χ3n) is 2.47. The molecule has 1 aromatic rings. The molecular weight excluding hydrogens is 224 g/mol. The Morgan fingerprint density at radius 3 is 2.00 bits per heavy atom. The SMILES string of the molecule is CC(C)(O)C(O)(O)c1ccc(OCCO)cc1. The van der Waals surface area contributed by atoms with E-state index < -0.39 is 11.4 Å². The van der Waals surface area contributed by atoms with Crippen molar-refractivity contribution in [1.82, 2.24) is 0 Å². The van der Waals surface area contributed by atoms with E-state index in [0.29, 0.717) is 5.75 Å². The topological polar surface area (TPSA) is 90.2 Å². The maximum Gasteiger partial charge on any atom is 0.219 e. The van der Waals surface area contributed by atoms with Gasteiger partial charge in [-0.05, 0) is 38.1 Å². The first-order valence-corrected chi connectivity index (χ1v) is 5.30. The van der Waals surface area contributed by atoms with Gasteiger partial charge in [0.2, 0.25) is 5.79 Å². The molecule has 0 aliphatic rings. The number of hydrogen-bond donors (Lipinski definition) is 4. The monoisotopic (exact) mass is 242 g/mol. The van der Waals surface area contributed by atoms with Crippen LogP contribution >= 0.6 is 0 Å². The molecule has 0 radical (unpaired) electrons. The Morgan fingerprint density at radius 1 is 1.06 bits per heavy atom. The van der Waals surface area contributed by atoms with Crippen molar-refractivity contribution < 1.29 is 25.2 Å². The highest BCUT2D eigenvalue weighted by molar-refractivity contribution is 5.30. The molecule has 0 aliphatic carbocycles. The first kappa shape index (κ1) is 13.9. The van der Waals surface area contributed by atoms with Gasteiger partial charge in [0.05, 0.1) is 6.61 Å². The summed E-state index contributed by atoms with van der Waals surface area (Å²) in [7, 11) is 0. The Labute approximate surface area is 99.9 Å². The minimum Gasteiger partial charge on any atom is -0.491 e. The molecule has 0 fully saturated rings. The Balaban J connectivity index is 2.87. The molecule has 0 unspecified atom stereocenters. The quantitative estimate of drug-likeness (QED) is 0.544. The molecule has 5 heteroatoms. The number of benzene rings is 1. The number of hydrogen-bond acceptors (Lipinski definition) is 5. The lowest BCUT2D eigenvalue weighted by molar-refractivity contribution is -0.272. The lowest BCUT2D eigenvalue weighted by atomic mass is 9.90. The Kier molecular flexibility index (Phi) is 4.11. The predicted molar refractivity (Wildman–Crippen MR) is 61.4 cm³/mol. The van der Waals surface area contributed by atoms with Crippen molar-refractivity contribution in [3.8, 4) is 5.75 Å². The molecule has 0 atom stereocenters. The summed E-state index contributed by atoms with van der Waals surface area (Å²) in [6, 6.07) is 5.98. The van der Waals surface area contributed by atoms with Gasteiger partial charge in [-0.15, -0.1) is 0 Å². The second kappa shape index (κ2) is 5.01. The molecule has 5 nitrogen and oxygen atoms in total. The van der Waals surface area contributed by atoms with E-state index in [0.717, 1.165) is 0 Å². The predicted octanol–water partition coefficient (Wildman–Crippen LogP) is -0.0340. The van der Waals surface area contributed by atoms with Crippen LogP contribution in [0.5, 0.6) is 5.75 Å². The van der Waals surface area contributed by atoms with Crippen LogP contribution in [-0.2, 0) is 5.79 Å². The zero-order chi connectivity index (χ0) is 13.1. The van der Waals surface area contributed by atoms with Crippen LogP contribution in [0.2, 0.25) is 0 Å². The minimum absolute atomic E-state index is 0.0879. The summed E-state index contributed by atoms with van der Waals surface area (Å²) in [5, 5.41) is 37.9. The zero-order valence-corrected chi connectivity index (χ0v) is 9.92. The highest BCUT2D eigenvalue weighted by atomic mass is 16.5. The van der Waals surface area contributed by atoms with E-state index in [1.807, 2.05) is 0 Å². The molecule has 0 spiro atoms. The van der Waals surface area contributed by atoms with E-state index in [2.05, 4.69) is 0 Å². The van der Waals surface area contributed by atoms with Crippen LogP contribution in [0.25, 0.3) is 0 Å². The average molecular weight is 242 g/mol. The van der Waals surface area contributed by atoms with E-state index in [4.69, 9.17) is 9.84 Å². The summed E-state index contributed by atoms with van der Waals surface area (Å²) in [6.07, 6.45) is 0. The number of aliphatic hydroxyl groups excluding tert-OH is 1. The lowest BCUT2D eigenvalue weighted by Gasteiger charge is -2.34. The van der Waals surface area contributed by atoms with E-state index >= 15 is 0 Å². The van der Waals surface area contributed by atoms with Gasteiger partial charge >= 0.3 is 0 Å². The van der Waals surface area contributed by atoms with Gasteiger partial charge in [-0.3, -0.25) is 0 Å². The standard InChI is InChI=1S/C12H18O5/c1-11(2,14)12(15,16)9-3-5-10(6-4-9)17-8-7-13/h3-6,13-16H,7-8H2,1-2H3. The average Bonchev–Trinajstić information content (AvgIpc) is 2.25. The van der Waals surface area contributed by atoms with Gasteiger partial charge in [0.1, 0.15) is 18.0 Å². The van der Waals surface area contributed by atoms with E-state index in [1.54, 1.807) is 0 Å². The van der Waals surface area contributed by atoms with Crippen LogP contribution in [0.15, 0.2) is 24.3 Å². The summed E-state index contributed by atoms with van der Waals surface area (Å²) in [5.74, 6) is -1.82. The third kappa shape index (κ3) is 3.17. The first-order chi connectivity index (χ1) is 7.79. The van der Waals surface area contributed by atoms with Crippen LogP contribution in [0.4, 0.5) is 0 Å². The molecule has 0 bridgehead atoms. The summed E-state index contributed by atoms with van der Waals surface area (Å²) < 4.78 is 5.13. The molecule has 1 aromatic carbocycles. The molecule has 0 heterocycles. The molecule has 0 aromatic heterocycles. The summed E-state index contributed by atoms with van der Waals surface area (Å²) in [4.78, 5) is 0. The molecule has 4 N–H and O–H groups in total. The maximum absolute atomic E-state index is 9.81. The third-order valence-corrected chi connectivity index (χ3v) is 2.47. The maximum atomic E-state index is 9.81. The molecule has 0 amide bonds. The second-order valence-corrected chi connectivity index (χ2v) is 4.33. The van der Waals surface area contributed by atoms with Crippen molar-refractivity contribution >= 4 is 0 Å². The van der Waals surface area contributed by atoms with Gasteiger partial charge in [-0.1, -0.05) is 0 Å². The first-order valence-electron chi connectivity index (χ1n) is 5.30. The Bertz CT molecular complexity index is 350. The van der Waals surface area contributed by atoms with E-state index in [9.17, 15) is 15.3 Å². The highest BCUT2D eigenvalue weighted by Crippen LogP contribution is 2.30. The van der Waals surface area contributed by atoms with Gasteiger partial charge in [0.15, 0.2) is 0 Å². The summed E-state index contributed by atoms with van der Waals surface area (Å²) in [5.41, 5.74) is -1.51. The van der Waals surface area contributed by atoms with Crippen LogP contribution in [0, 0.1) is 0 Å². The van der Waals surface area contributed by atoms with Crippen LogP contribution in [-0.4, -0.2) is 39.2 Å². The lowest BCUT2D eigenvalue weighted by Crippen LogP contribution is -2.47. The molecule has 0 saturated heterocycles. The van der Waals surface area contributed by atoms with Crippen molar-refractivity contribution in [2.24, 2.45) is 0 Å². The fourth-order valence-electron chi connectivity index (χ4n) is 1.30. The molecule has 1 rings (SSSR count). The largest absolute Gasteiger partial charge is 0.491 e. The number of ether oxygens (including phenoxy) is 1. The summed E-state index contributed by atoms with van der Waals surface area (Å²) >= 11 is 0. The van der Waals surface area contributed by atoms with Crippen LogP contribution in [0.3, 0.4) is 0 Å². The second-order valence-electron chi connectivity index (χ2n) is 4.33. The molecular formula is C12H18O5. The van der Waals surface area contributed by atoms with E-state index in [-0.39, 0.29) is 18.8 Å². The van der Waals surface area contributed by atoms with Crippen molar-refractivity contribution in [3.63, 3.8) is 0 Å². The fourth-order valence-corrected chi connectivity index (χ4v) is 1.30. The van der Waals surface area contributed by atoms with Crippen molar-refractivity contribution in [2.45, 2.75) is 25.2 Å². The van der Waals surface area contributed by atoms with Crippen molar-refractivity contribution in [2.75, 3.05) is 13.2 Å². The zero-order valence-electron chi connectivity index (χ0n) is 9.92. The van der Waals surface area contributed by atoms with Gasteiger partial charge in [0, 0.05) is 5.56 Å². The highest BCUT2D eigenvalue weighted by Gasteiger charge is 2.41. The smallest absolute Gasteiger partial charge is 0.219 e. The minimum atomic E-state index is -2.33. The van der Waals surface area contributed by atoms with Gasteiger partial charge in [-0.25, -0.2) is 0 Å². The van der Waals surface area contributed by atoms with Crippen LogP contribution < -0.4 is 4.74 Å². The van der Waals surface area contributed by atoms with Gasteiger partial charge in [-0.2, -0.15) is 0 Å². The Morgan fingerprint density at radius 2 is 1.59 bits per heavy atom. The molecule has 96 valence electrons. The molecule has 0 aliphatic heterocycles. The fraction of sp³-hybridized carbons (Fsp3) is 0.500. The Hall–Kier alpha value is -1.14. The van der Waals surface area contributed by atoms with E-state index in [1.165, 1.54) is 38.1 Å². The number of aliphatic hydroxyl groups is 4. The van der Waals surface area contributed by atoms with Crippen molar-refractivity contribution in [3.05, 3.63) is 29.8 Å². The number of rotatable bonds is 5. The molecule has 17 heavy (non-hydrogen) atoms. The normalized spacial score (nSPS) is 12.6. The van der Waals surface area contributed by atoms with Crippen molar-refractivity contribution in [1.29, 1.82) is 0 Å². The van der Waals surface area contributed by atoms with Gasteiger partial charge < -0.3 is 25.2 Å². The summed E-state index contributed by atoms with van der Waals surface area (Å²) in [6.45, 7) is 2.70. The van der Waals surface area contributed by atoms with Gasteiger partial charge in [0.25, 0.3) is 0 Å².